The Kier molecular flexibility index (Phi) is 5.79. The molecule has 32 heavy (non-hydrogen) atoms. The molecule has 7 nitrogen and oxygen atoms in total. The zero-order chi connectivity index (χ0) is 21.8. The van der Waals surface area contributed by atoms with Gasteiger partial charge in [-0.2, -0.15) is 5.21 Å². The normalized spacial score (nSPS) is 13.2. The van der Waals surface area contributed by atoms with Gasteiger partial charge in [0.2, 0.25) is 5.82 Å². The SMILES string of the molecule is COc1cccc(COc2c(C3CC3)ccnc2CCc2ccc(-c3nn[nH]n3)cc2)c1. The second kappa shape index (κ2) is 9.18. The molecule has 1 saturated carbocycles. The number of ether oxygens (including phenoxy) is 2. The lowest BCUT2D eigenvalue weighted by atomic mass is 10.0. The van der Waals surface area contributed by atoms with Crippen LogP contribution in [0.15, 0.2) is 60.8 Å². The van der Waals surface area contributed by atoms with E-state index in [4.69, 9.17) is 9.47 Å². The predicted octanol–water partition coefficient (Wildman–Crippen LogP) is 4.51. The lowest BCUT2D eigenvalue weighted by Crippen LogP contribution is -2.05. The van der Waals surface area contributed by atoms with Gasteiger partial charge in [-0.15, -0.1) is 10.2 Å². The Morgan fingerprint density at radius 1 is 1.00 bits per heavy atom. The summed E-state index contributed by atoms with van der Waals surface area (Å²) < 4.78 is 11.7. The smallest absolute Gasteiger partial charge is 0.204 e. The second-order valence-corrected chi connectivity index (χ2v) is 8.02. The Hall–Kier alpha value is -3.74. The minimum Gasteiger partial charge on any atom is -0.497 e. The van der Waals surface area contributed by atoms with Gasteiger partial charge in [-0.25, -0.2) is 0 Å². The fourth-order valence-corrected chi connectivity index (χ4v) is 3.85. The molecule has 1 N–H and O–H groups in total. The van der Waals surface area contributed by atoms with Crippen LogP contribution in [-0.2, 0) is 19.4 Å². The minimum atomic E-state index is 0.495. The van der Waals surface area contributed by atoms with Gasteiger partial charge < -0.3 is 9.47 Å². The van der Waals surface area contributed by atoms with Crippen LogP contribution in [0.1, 0.15) is 41.1 Å². The average molecular weight is 428 g/mol. The number of aromatic nitrogens is 5. The maximum Gasteiger partial charge on any atom is 0.204 e. The molecule has 7 heteroatoms. The Morgan fingerprint density at radius 3 is 2.62 bits per heavy atom. The monoisotopic (exact) mass is 427 g/mol. The maximum atomic E-state index is 6.37. The quantitative estimate of drug-likeness (QED) is 0.423. The summed E-state index contributed by atoms with van der Waals surface area (Å²) in [5.74, 6) is 2.97. The molecule has 0 radical (unpaired) electrons. The summed E-state index contributed by atoms with van der Waals surface area (Å²) in [6.45, 7) is 0.495. The van der Waals surface area contributed by atoms with Crippen LogP contribution in [0.3, 0.4) is 0 Å². The Labute approximate surface area is 186 Å². The molecule has 2 heterocycles. The van der Waals surface area contributed by atoms with Gasteiger partial charge in [0.15, 0.2) is 0 Å². The third-order valence-electron chi connectivity index (χ3n) is 5.75. The van der Waals surface area contributed by atoms with E-state index in [-0.39, 0.29) is 0 Å². The van der Waals surface area contributed by atoms with E-state index in [1.165, 1.54) is 24.0 Å². The van der Waals surface area contributed by atoms with Crippen molar-refractivity contribution in [2.45, 2.75) is 38.2 Å². The first-order valence-corrected chi connectivity index (χ1v) is 10.9. The summed E-state index contributed by atoms with van der Waals surface area (Å²) in [5.41, 5.74) is 5.55. The molecule has 162 valence electrons. The minimum absolute atomic E-state index is 0.495. The van der Waals surface area contributed by atoms with E-state index in [0.29, 0.717) is 18.3 Å². The number of pyridine rings is 1. The lowest BCUT2D eigenvalue weighted by Gasteiger charge is -2.15. The van der Waals surface area contributed by atoms with Gasteiger partial charge in [0.25, 0.3) is 0 Å². The van der Waals surface area contributed by atoms with Crippen molar-refractivity contribution < 1.29 is 9.47 Å². The first kappa shape index (κ1) is 20.2. The molecule has 0 amide bonds. The fourth-order valence-electron chi connectivity index (χ4n) is 3.85. The largest absolute Gasteiger partial charge is 0.497 e. The van der Waals surface area contributed by atoms with Crippen LogP contribution in [0, 0.1) is 0 Å². The fraction of sp³-hybridized carbons (Fsp3) is 0.280. The molecule has 0 unspecified atom stereocenters. The van der Waals surface area contributed by atoms with Gasteiger partial charge in [-0.05, 0) is 66.1 Å². The number of rotatable bonds is 9. The van der Waals surface area contributed by atoms with Crippen molar-refractivity contribution >= 4 is 0 Å². The molecule has 4 aromatic rings. The van der Waals surface area contributed by atoms with Crippen molar-refractivity contribution in [2.75, 3.05) is 7.11 Å². The Bertz CT molecular complexity index is 1170. The summed E-state index contributed by atoms with van der Waals surface area (Å²) >= 11 is 0. The van der Waals surface area contributed by atoms with Crippen molar-refractivity contribution in [2.24, 2.45) is 0 Å². The van der Waals surface area contributed by atoms with Crippen LogP contribution in [0.4, 0.5) is 0 Å². The van der Waals surface area contributed by atoms with Crippen LogP contribution in [0.2, 0.25) is 0 Å². The molecule has 1 fully saturated rings. The summed E-state index contributed by atoms with van der Waals surface area (Å²) in [4.78, 5) is 4.69. The van der Waals surface area contributed by atoms with Crippen LogP contribution in [0.25, 0.3) is 11.4 Å². The number of hydrogen-bond acceptors (Lipinski definition) is 6. The number of nitrogens with one attached hydrogen (secondary N) is 1. The molecule has 2 aromatic carbocycles. The van der Waals surface area contributed by atoms with E-state index < -0.39 is 0 Å². The summed E-state index contributed by atoms with van der Waals surface area (Å²) in [7, 11) is 1.68. The van der Waals surface area contributed by atoms with Crippen molar-refractivity contribution in [3.05, 3.63) is 83.2 Å². The van der Waals surface area contributed by atoms with Gasteiger partial charge >= 0.3 is 0 Å². The highest BCUT2D eigenvalue weighted by molar-refractivity contribution is 5.54. The van der Waals surface area contributed by atoms with Crippen molar-refractivity contribution in [1.29, 1.82) is 0 Å². The number of nitrogens with zero attached hydrogens (tertiary/aromatic N) is 4. The second-order valence-electron chi connectivity index (χ2n) is 8.02. The summed E-state index contributed by atoms with van der Waals surface area (Å²) in [6, 6.07) is 18.4. The first-order chi connectivity index (χ1) is 15.8. The van der Waals surface area contributed by atoms with Gasteiger partial charge in [-0.3, -0.25) is 4.98 Å². The number of hydrogen-bond donors (Lipinski definition) is 1. The molecule has 1 aliphatic rings. The van der Waals surface area contributed by atoms with Gasteiger partial charge in [0.1, 0.15) is 18.1 Å². The summed E-state index contributed by atoms with van der Waals surface area (Å²) in [5, 5.41) is 14.2. The zero-order valence-corrected chi connectivity index (χ0v) is 18.0. The van der Waals surface area contributed by atoms with Crippen molar-refractivity contribution in [3.63, 3.8) is 0 Å². The van der Waals surface area contributed by atoms with Crippen LogP contribution in [0.5, 0.6) is 11.5 Å². The van der Waals surface area contributed by atoms with Crippen LogP contribution in [-0.4, -0.2) is 32.7 Å². The lowest BCUT2D eigenvalue weighted by molar-refractivity contribution is 0.297. The van der Waals surface area contributed by atoms with Crippen LogP contribution >= 0.6 is 0 Å². The average Bonchev–Trinajstić information content (AvgIpc) is 3.55. The molecular weight excluding hydrogens is 402 g/mol. The summed E-state index contributed by atoms with van der Waals surface area (Å²) in [6.07, 6.45) is 6.05. The van der Waals surface area contributed by atoms with E-state index in [1.54, 1.807) is 7.11 Å². The first-order valence-electron chi connectivity index (χ1n) is 10.9. The molecule has 0 atom stereocenters. The number of tetrazole rings is 1. The van der Waals surface area contributed by atoms with E-state index in [0.717, 1.165) is 41.2 Å². The van der Waals surface area contributed by atoms with Gasteiger partial charge in [0, 0.05) is 17.3 Å². The molecule has 2 aromatic heterocycles. The zero-order valence-electron chi connectivity index (χ0n) is 18.0. The van der Waals surface area contributed by atoms with E-state index >= 15 is 0 Å². The van der Waals surface area contributed by atoms with Gasteiger partial charge in [0.05, 0.1) is 12.8 Å². The molecular formula is C25H25N5O2. The number of benzene rings is 2. The highest BCUT2D eigenvalue weighted by atomic mass is 16.5. The molecule has 0 bridgehead atoms. The highest BCUT2D eigenvalue weighted by Gasteiger charge is 2.28. The number of aromatic amines is 1. The number of H-pyrrole nitrogens is 1. The van der Waals surface area contributed by atoms with Crippen molar-refractivity contribution in [3.8, 4) is 22.9 Å². The van der Waals surface area contributed by atoms with E-state index in [2.05, 4.69) is 49.9 Å². The molecule has 5 rings (SSSR count). The van der Waals surface area contributed by atoms with E-state index in [9.17, 15) is 0 Å². The molecule has 0 saturated heterocycles. The molecule has 0 aliphatic heterocycles. The molecule has 0 spiro atoms. The van der Waals surface area contributed by atoms with E-state index in [1.807, 2.05) is 36.5 Å². The topological polar surface area (TPSA) is 85.8 Å². The third kappa shape index (κ3) is 4.61. The number of aryl methyl sites for hydroxylation is 2. The predicted molar refractivity (Wildman–Crippen MR) is 121 cm³/mol. The van der Waals surface area contributed by atoms with Crippen molar-refractivity contribution in [1.82, 2.24) is 25.6 Å². The Balaban J connectivity index is 1.31. The maximum absolute atomic E-state index is 6.37. The number of methoxy groups -OCH3 is 1. The van der Waals surface area contributed by atoms with Crippen LogP contribution < -0.4 is 9.47 Å². The van der Waals surface area contributed by atoms with Gasteiger partial charge in [-0.1, -0.05) is 36.4 Å². The molecule has 1 aliphatic carbocycles. The third-order valence-corrected chi connectivity index (χ3v) is 5.75. The highest BCUT2D eigenvalue weighted by Crippen LogP contribution is 2.45. The Morgan fingerprint density at radius 2 is 1.88 bits per heavy atom. The standard InChI is InChI=1S/C25H25N5O2/c1-31-21-4-2-3-18(15-21)16-32-24-22(19-10-11-19)13-14-26-23(24)12-7-17-5-8-20(9-6-17)25-27-29-30-28-25/h2-6,8-9,13-15,19H,7,10-12,16H2,1H3,(H,27,28,29,30).